The summed E-state index contributed by atoms with van der Waals surface area (Å²) in [5.74, 6) is -1.50. The molecular formula is C18H23F3N4O4S. The van der Waals surface area contributed by atoms with Crippen LogP contribution in [0.1, 0.15) is 23.6 Å². The van der Waals surface area contributed by atoms with E-state index < -0.39 is 12.1 Å². The quantitative estimate of drug-likeness (QED) is 0.554. The zero-order valence-corrected chi connectivity index (χ0v) is 17.5. The van der Waals surface area contributed by atoms with Crippen molar-refractivity contribution in [3.05, 3.63) is 22.9 Å². The van der Waals surface area contributed by atoms with Crippen molar-refractivity contribution < 1.29 is 32.0 Å². The van der Waals surface area contributed by atoms with Gasteiger partial charge in [0.05, 0.1) is 24.6 Å². The summed E-state index contributed by atoms with van der Waals surface area (Å²) in [5, 5.41) is 3.41. The third-order valence-electron chi connectivity index (χ3n) is 4.51. The Morgan fingerprint density at radius 3 is 2.43 bits per heavy atom. The minimum Gasteiger partial charge on any atom is -0.383 e. The van der Waals surface area contributed by atoms with E-state index in [2.05, 4.69) is 14.7 Å². The first-order valence-corrected chi connectivity index (χ1v) is 10.2. The Balaban J connectivity index is 1.71. The highest BCUT2D eigenvalue weighted by atomic mass is 32.1. The molecule has 0 N–H and O–H groups in total. The summed E-state index contributed by atoms with van der Waals surface area (Å²) in [7, 11) is 3.15. The fraction of sp³-hybridized carbons (Fsp3) is 0.611. The van der Waals surface area contributed by atoms with Gasteiger partial charge in [-0.1, -0.05) is 5.16 Å². The third kappa shape index (κ3) is 5.70. The Hall–Kier alpha value is -2.18. The molecule has 1 aliphatic rings. The number of nitrogens with zero attached hydrogens (tertiary/aromatic N) is 4. The first-order valence-electron chi connectivity index (χ1n) is 9.37. The van der Waals surface area contributed by atoms with Gasteiger partial charge in [0.15, 0.2) is 0 Å². The van der Waals surface area contributed by atoms with Crippen molar-refractivity contribution in [3.63, 3.8) is 0 Å². The maximum absolute atomic E-state index is 13.1. The van der Waals surface area contributed by atoms with Crippen molar-refractivity contribution in [2.45, 2.75) is 31.6 Å². The van der Waals surface area contributed by atoms with E-state index in [0.717, 1.165) is 17.7 Å². The number of aromatic nitrogens is 2. The van der Waals surface area contributed by atoms with E-state index in [1.807, 2.05) is 0 Å². The van der Waals surface area contributed by atoms with Crippen LogP contribution in [0.15, 0.2) is 16.7 Å². The van der Waals surface area contributed by atoms with Gasteiger partial charge in [-0.15, -0.1) is 11.3 Å². The van der Waals surface area contributed by atoms with Crippen molar-refractivity contribution in [1.82, 2.24) is 19.9 Å². The summed E-state index contributed by atoms with van der Waals surface area (Å²) >= 11 is 1.23. The number of halogens is 3. The van der Waals surface area contributed by atoms with Gasteiger partial charge >= 0.3 is 18.1 Å². The van der Waals surface area contributed by atoms with Crippen LogP contribution in [-0.2, 0) is 22.2 Å². The van der Waals surface area contributed by atoms with E-state index >= 15 is 0 Å². The van der Waals surface area contributed by atoms with Crippen LogP contribution in [0.5, 0.6) is 0 Å². The second kappa shape index (κ2) is 9.75. The lowest BCUT2D eigenvalue weighted by Gasteiger charge is -2.30. The summed E-state index contributed by atoms with van der Waals surface area (Å²) in [6.45, 7) is 2.07. The minimum absolute atomic E-state index is 0.111. The second-order valence-electron chi connectivity index (χ2n) is 6.80. The second-order valence-corrected chi connectivity index (χ2v) is 7.97. The minimum atomic E-state index is -4.69. The number of carbonyl (C=O) groups excluding carboxylic acids is 1. The lowest BCUT2D eigenvalue weighted by Crippen LogP contribution is -2.46. The average Bonchev–Trinajstić information content (AvgIpc) is 3.22. The molecule has 12 heteroatoms. The predicted octanol–water partition coefficient (Wildman–Crippen LogP) is 3.50. The number of hydrogen-bond donors (Lipinski definition) is 0. The zero-order chi connectivity index (χ0) is 21.7. The lowest BCUT2D eigenvalue weighted by atomic mass is 10.3. The molecule has 0 bridgehead atoms. The number of amides is 2. The molecule has 3 rings (SSSR count). The van der Waals surface area contributed by atoms with Crippen LogP contribution in [0.3, 0.4) is 0 Å². The van der Waals surface area contributed by atoms with E-state index in [1.165, 1.54) is 11.3 Å². The van der Waals surface area contributed by atoms with Gasteiger partial charge in [0.2, 0.25) is 5.82 Å². The van der Waals surface area contributed by atoms with Gasteiger partial charge in [0.1, 0.15) is 0 Å². The molecule has 0 saturated heterocycles. The van der Waals surface area contributed by atoms with Gasteiger partial charge in [0.25, 0.3) is 0 Å². The SMILES string of the molecule is COCCN(CCOC)C(=O)N(Cc1ccc(-c2noc(C(F)(F)F)n2)s1)C1CC1. The number of thiophene rings is 1. The molecular weight excluding hydrogens is 425 g/mol. The first-order chi connectivity index (χ1) is 14.3. The molecule has 0 spiro atoms. The average molecular weight is 448 g/mol. The highest BCUT2D eigenvalue weighted by Crippen LogP contribution is 2.34. The number of methoxy groups -OCH3 is 2. The number of carbonyl (C=O) groups is 1. The Morgan fingerprint density at radius 2 is 1.90 bits per heavy atom. The number of ether oxygens (including phenoxy) is 2. The maximum Gasteiger partial charge on any atom is 0.471 e. The summed E-state index contributed by atoms with van der Waals surface area (Å²) in [6, 6.07) is 3.44. The van der Waals surface area contributed by atoms with Gasteiger partial charge < -0.3 is 23.8 Å². The molecule has 2 aromatic heterocycles. The Labute approximate surface area is 175 Å². The Bertz CT molecular complexity index is 830. The standard InChI is InChI=1S/C18H23F3N4O4S/c1-27-9-7-24(8-10-28-2)17(26)25(12-3-4-12)11-13-5-6-14(30-13)15-22-16(29-23-15)18(19,20)21/h5-6,12H,3-4,7-11H2,1-2H3. The summed E-state index contributed by atoms with van der Waals surface area (Å²) in [6.07, 6.45) is -2.84. The van der Waals surface area contributed by atoms with Crippen molar-refractivity contribution in [1.29, 1.82) is 0 Å². The Kier molecular flexibility index (Phi) is 7.32. The molecule has 0 aromatic carbocycles. The predicted molar refractivity (Wildman–Crippen MR) is 102 cm³/mol. The number of rotatable bonds is 10. The van der Waals surface area contributed by atoms with Gasteiger partial charge in [-0.25, -0.2) is 4.79 Å². The van der Waals surface area contributed by atoms with Crippen molar-refractivity contribution in [2.75, 3.05) is 40.5 Å². The molecule has 166 valence electrons. The molecule has 2 amide bonds. The molecule has 2 aromatic rings. The van der Waals surface area contributed by atoms with Gasteiger partial charge in [-0.2, -0.15) is 18.2 Å². The molecule has 1 aliphatic carbocycles. The van der Waals surface area contributed by atoms with Crippen LogP contribution < -0.4 is 0 Å². The summed E-state index contributed by atoms with van der Waals surface area (Å²) in [5.41, 5.74) is 0. The highest BCUT2D eigenvalue weighted by molar-refractivity contribution is 7.15. The topological polar surface area (TPSA) is 80.9 Å². The largest absolute Gasteiger partial charge is 0.471 e. The molecule has 1 saturated carbocycles. The van der Waals surface area contributed by atoms with Crippen molar-refractivity contribution in [3.8, 4) is 10.7 Å². The van der Waals surface area contributed by atoms with Gasteiger partial charge in [-0.05, 0) is 25.0 Å². The lowest BCUT2D eigenvalue weighted by molar-refractivity contribution is -0.159. The molecule has 1 fully saturated rings. The van der Waals surface area contributed by atoms with E-state index in [-0.39, 0.29) is 17.9 Å². The van der Waals surface area contributed by atoms with Crippen LogP contribution in [0, 0.1) is 0 Å². The van der Waals surface area contributed by atoms with Gasteiger partial charge in [0, 0.05) is 38.2 Å². The van der Waals surface area contributed by atoms with Crippen LogP contribution in [0.25, 0.3) is 10.7 Å². The van der Waals surface area contributed by atoms with E-state index in [1.54, 1.807) is 36.2 Å². The van der Waals surface area contributed by atoms with Crippen LogP contribution in [0.2, 0.25) is 0 Å². The highest BCUT2D eigenvalue weighted by Gasteiger charge is 2.39. The van der Waals surface area contributed by atoms with Crippen molar-refractivity contribution >= 4 is 17.4 Å². The van der Waals surface area contributed by atoms with Gasteiger partial charge in [-0.3, -0.25) is 0 Å². The fourth-order valence-electron chi connectivity index (χ4n) is 2.82. The molecule has 8 nitrogen and oxygen atoms in total. The maximum atomic E-state index is 13.1. The number of hydrogen-bond acceptors (Lipinski definition) is 7. The van der Waals surface area contributed by atoms with Crippen molar-refractivity contribution in [2.24, 2.45) is 0 Å². The molecule has 30 heavy (non-hydrogen) atoms. The number of alkyl halides is 3. The van der Waals surface area contributed by atoms with Crippen LogP contribution >= 0.6 is 11.3 Å². The smallest absolute Gasteiger partial charge is 0.383 e. The Morgan fingerprint density at radius 1 is 1.23 bits per heavy atom. The van der Waals surface area contributed by atoms with E-state index in [4.69, 9.17) is 9.47 Å². The van der Waals surface area contributed by atoms with Crippen LogP contribution in [0.4, 0.5) is 18.0 Å². The van der Waals surface area contributed by atoms with E-state index in [0.29, 0.717) is 37.7 Å². The molecule has 0 atom stereocenters. The monoisotopic (exact) mass is 448 g/mol. The molecule has 0 radical (unpaired) electrons. The molecule has 0 unspecified atom stereocenters. The van der Waals surface area contributed by atoms with Crippen LogP contribution in [-0.4, -0.2) is 72.5 Å². The molecule has 0 aliphatic heterocycles. The summed E-state index contributed by atoms with van der Waals surface area (Å²) in [4.78, 5) is 21.3. The van der Waals surface area contributed by atoms with E-state index in [9.17, 15) is 18.0 Å². The molecule has 2 heterocycles. The first kappa shape index (κ1) is 22.5. The third-order valence-corrected chi connectivity index (χ3v) is 5.58. The summed E-state index contributed by atoms with van der Waals surface area (Å²) < 4.78 is 52.5. The fourth-order valence-corrected chi connectivity index (χ4v) is 3.75. The zero-order valence-electron chi connectivity index (χ0n) is 16.6. The normalized spacial score (nSPS) is 14.2. The number of urea groups is 1.